The molecule has 6 nitrogen and oxygen atoms in total. The van der Waals surface area contributed by atoms with Gasteiger partial charge < -0.3 is 9.84 Å². The highest BCUT2D eigenvalue weighted by atomic mass is 19.4. The molecule has 0 fully saturated rings. The molecule has 0 aliphatic rings. The van der Waals surface area contributed by atoms with Crippen LogP contribution in [-0.2, 0) is 0 Å². The van der Waals surface area contributed by atoms with Gasteiger partial charge in [-0.2, -0.15) is 13.2 Å². The summed E-state index contributed by atoms with van der Waals surface area (Å²) in [4.78, 5) is 20.2. The monoisotopic (exact) mass is 297 g/mol. The van der Waals surface area contributed by atoms with Gasteiger partial charge in [0.2, 0.25) is 0 Å². The first kappa shape index (κ1) is 15.7. The second-order valence-electron chi connectivity index (χ2n) is 3.58. The van der Waals surface area contributed by atoms with Crippen molar-refractivity contribution in [1.29, 1.82) is 0 Å². The lowest BCUT2D eigenvalue weighted by Gasteiger charge is -2.09. The minimum Gasteiger partial charge on any atom is -0.486 e. The molecule has 0 heterocycles. The first-order chi connectivity index (χ1) is 9.11. The summed E-state index contributed by atoms with van der Waals surface area (Å²) in [5, 5.41) is 19.2. The first-order valence-electron chi connectivity index (χ1n) is 5.02. The van der Waals surface area contributed by atoms with Crippen LogP contribution in [0.5, 0.6) is 5.75 Å². The molecular formula is C10H7F4NO5. The van der Waals surface area contributed by atoms with Crippen LogP contribution in [0.2, 0.25) is 0 Å². The Bertz CT molecular complexity index is 543. The van der Waals surface area contributed by atoms with E-state index in [4.69, 9.17) is 5.11 Å². The summed E-state index contributed by atoms with van der Waals surface area (Å²) in [6, 6.07) is 0.762. The summed E-state index contributed by atoms with van der Waals surface area (Å²) in [6.07, 6.45) is -5.92. The van der Waals surface area contributed by atoms with Crippen LogP contribution < -0.4 is 4.74 Å². The van der Waals surface area contributed by atoms with Gasteiger partial charge in [0.1, 0.15) is 5.82 Å². The van der Waals surface area contributed by atoms with Crippen LogP contribution in [0, 0.1) is 15.9 Å². The van der Waals surface area contributed by atoms with E-state index in [1.807, 2.05) is 0 Å². The molecule has 0 amide bonds. The van der Waals surface area contributed by atoms with Crippen LogP contribution in [0.3, 0.4) is 0 Å². The Balaban J connectivity index is 3.05. The van der Waals surface area contributed by atoms with Gasteiger partial charge in [-0.3, -0.25) is 10.1 Å². The van der Waals surface area contributed by atoms with Crippen molar-refractivity contribution in [3.05, 3.63) is 33.6 Å². The van der Waals surface area contributed by atoms with Gasteiger partial charge in [0.15, 0.2) is 5.75 Å². The highest BCUT2D eigenvalue weighted by Gasteiger charge is 2.28. The fourth-order valence-electron chi connectivity index (χ4n) is 1.24. The number of rotatable bonds is 5. The van der Waals surface area contributed by atoms with Crippen LogP contribution in [0.4, 0.5) is 23.2 Å². The number of nitrogens with zero attached hydrogens (tertiary/aromatic N) is 1. The molecule has 0 radical (unpaired) electrons. The predicted octanol–water partition coefficient (Wildman–Crippen LogP) is 2.76. The highest BCUT2D eigenvalue weighted by Crippen LogP contribution is 2.31. The van der Waals surface area contributed by atoms with Crippen molar-refractivity contribution < 1.29 is 37.1 Å². The molecule has 0 saturated carbocycles. The van der Waals surface area contributed by atoms with Crippen molar-refractivity contribution in [3.63, 3.8) is 0 Å². The quantitative estimate of drug-likeness (QED) is 0.512. The second kappa shape index (κ2) is 5.72. The van der Waals surface area contributed by atoms with Gasteiger partial charge in [0.05, 0.1) is 29.6 Å². The Kier molecular flexibility index (Phi) is 4.48. The Morgan fingerprint density at radius 1 is 1.40 bits per heavy atom. The molecule has 1 aromatic rings. The van der Waals surface area contributed by atoms with Gasteiger partial charge in [-0.1, -0.05) is 0 Å². The summed E-state index contributed by atoms with van der Waals surface area (Å²) in [7, 11) is 0. The molecule has 0 bridgehead atoms. The van der Waals surface area contributed by atoms with Gasteiger partial charge in [-0.15, -0.1) is 0 Å². The molecule has 1 rings (SSSR count). The molecule has 0 aromatic heterocycles. The molecule has 1 aromatic carbocycles. The van der Waals surface area contributed by atoms with Crippen molar-refractivity contribution in [2.45, 2.75) is 12.6 Å². The average Bonchev–Trinajstić information content (AvgIpc) is 2.28. The fourth-order valence-corrected chi connectivity index (χ4v) is 1.24. The number of hydrogen-bond donors (Lipinski definition) is 1. The molecule has 20 heavy (non-hydrogen) atoms. The third-order valence-corrected chi connectivity index (χ3v) is 2.12. The number of nitro groups is 1. The van der Waals surface area contributed by atoms with Crippen LogP contribution in [0.25, 0.3) is 0 Å². The van der Waals surface area contributed by atoms with Gasteiger partial charge in [0, 0.05) is 6.07 Å². The number of aromatic carboxylic acids is 1. The maximum absolute atomic E-state index is 13.2. The number of nitro benzene ring substituents is 1. The lowest BCUT2D eigenvalue weighted by molar-refractivity contribution is -0.386. The van der Waals surface area contributed by atoms with Gasteiger partial charge in [-0.05, 0) is 0 Å². The molecule has 1 N–H and O–H groups in total. The van der Waals surface area contributed by atoms with Crippen molar-refractivity contribution in [2.75, 3.05) is 6.61 Å². The number of halogens is 4. The van der Waals surface area contributed by atoms with E-state index in [2.05, 4.69) is 4.74 Å². The summed E-state index contributed by atoms with van der Waals surface area (Å²) in [5.41, 5.74) is -1.88. The largest absolute Gasteiger partial charge is 0.486 e. The minimum atomic E-state index is -4.54. The molecule has 0 aliphatic heterocycles. The number of benzene rings is 1. The van der Waals surface area contributed by atoms with E-state index in [9.17, 15) is 32.5 Å². The number of carboxylic acids is 1. The molecule has 0 spiro atoms. The first-order valence-corrected chi connectivity index (χ1v) is 5.02. The zero-order valence-electron chi connectivity index (χ0n) is 9.61. The predicted molar refractivity (Wildman–Crippen MR) is 56.2 cm³/mol. The van der Waals surface area contributed by atoms with E-state index in [1.54, 1.807) is 0 Å². The molecule has 0 saturated heterocycles. The Labute approximate surface area is 108 Å². The van der Waals surface area contributed by atoms with Gasteiger partial charge in [-0.25, -0.2) is 9.18 Å². The molecule has 10 heteroatoms. The van der Waals surface area contributed by atoms with E-state index in [0.29, 0.717) is 6.07 Å². The summed E-state index contributed by atoms with van der Waals surface area (Å²) in [5.74, 6) is -3.84. The smallest absolute Gasteiger partial charge is 0.392 e. The van der Waals surface area contributed by atoms with Crippen LogP contribution in [-0.4, -0.2) is 28.8 Å². The number of alkyl halides is 3. The number of carboxylic acid groups (broad SMARTS) is 1. The van der Waals surface area contributed by atoms with E-state index >= 15 is 0 Å². The summed E-state index contributed by atoms with van der Waals surface area (Å²) >= 11 is 0. The van der Waals surface area contributed by atoms with E-state index in [-0.39, 0.29) is 6.07 Å². The second-order valence-corrected chi connectivity index (χ2v) is 3.58. The highest BCUT2D eigenvalue weighted by molar-refractivity contribution is 5.89. The van der Waals surface area contributed by atoms with E-state index in [0.717, 1.165) is 0 Å². The number of carbonyl (C=O) groups is 1. The molecule has 0 atom stereocenters. The Morgan fingerprint density at radius 3 is 2.45 bits per heavy atom. The fraction of sp³-hybridized carbons (Fsp3) is 0.300. The third-order valence-electron chi connectivity index (χ3n) is 2.12. The van der Waals surface area contributed by atoms with Crippen LogP contribution >= 0.6 is 0 Å². The normalized spacial score (nSPS) is 11.2. The van der Waals surface area contributed by atoms with Crippen molar-refractivity contribution in [1.82, 2.24) is 0 Å². The standard InChI is InChI=1S/C10H7F4NO5/c11-6-4-7(15(18)19)8(3-5(6)9(16)17)20-2-1-10(12,13)14/h3-4H,1-2H2,(H,16,17). The van der Waals surface area contributed by atoms with Crippen LogP contribution in [0.15, 0.2) is 12.1 Å². The van der Waals surface area contributed by atoms with Gasteiger partial charge >= 0.3 is 17.8 Å². The van der Waals surface area contributed by atoms with Crippen LogP contribution in [0.1, 0.15) is 16.8 Å². The van der Waals surface area contributed by atoms with Crippen molar-refractivity contribution in [3.8, 4) is 5.75 Å². The topological polar surface area (TPSA) is 89.7 Å². The molecule has 110 valence electrons. The van der Waals surface area contributed by atoms with Crippen molar-refractivity contribution >= 4 is 11.7 Å². The maximum atomic E-state index is 13.2. The molecule has 0 aliphatic carbocycles. The zero-order chi connectivity index (χ0) is 15.5. The Morgan fingerprint density at radius 2 is 2.00 bits per heavy atom. The maximum Gasteiger partial charge on any atom is 0.392 e. The lowest BCUT2D eigenvalue weighted by Crippen LogP contribution is -2.14. The summed E-state index contributed by atoms with van der Waals surface area (Å²) in [6.45, 7) is -0.949. The number of hydrogen-bond acceptors (Lipinski definition) is 4. The zero-order valence-corrected chi connectivity index (χ0v) is 9.61. The Hall–Kier alpha value is -2.39. The molecular weight excluding hydrogens is 290 g/mol. The minimum absolute atomic E-state index is 0.284. The van der Waals surface area contributed by atoms with E-state index < -0.39 is 52.9 Å². The summed E-state index contributed by atoms with van der Waals surface area (Å²) < 4.78 is 53.5. The van der Waals surface area contributed by atoms with Gasteiger partial charge in [0.25, 0.3) is 0 Å². The average molecular weight is 297 g/mol. The van der Waals surface area contributed by atoms with Crippen molar-refractivity contribution in [2.24, 2.45) is 0 Å². The SMILES string of the molecule is O=C(O)c1cc(OCCC(F)(F)F)c([N+](=O)[O-])cc1F. The molecule has 0 unspecified atom stereocenters. The van der Waals surface area contributed by atoms with E-state index in [1.165, 1.54) is 0 Å². The lowest BCUT2D eigenvalue weighted by atomic mass is 10.1. The third kappa shape index (κ3) is 4.07. The number of ether oxygens (including phenoxy) is 1.